The normalized spacial score (nSPS) is 18.4. The summed E-state index contributed by atoms with van der Waals surface area (Å²) in [5.74, 6) is 0.821. The third kappa shape index (κ3) is 3.77. The Balaban J connectivity index is 1.67. The van der Waals surface area contributed by atoms with Crippen molar-refractivity contribution in [2.45, 2.75) is 56.3 Å². The molecule has 2 aliphatic rings. The number of nitrogens with zero attached hydrogens (tertiary/aromatic N) is 4. The maximum atomic E-state index is 10.8. The van der Waals surface area contributed by atoms with Gasteiger partial charge >= 0.3 is 5.97 Å². The Hall–Kier alpha value is -1.08. The van der Waals surface area contributed by atoms with Gasteiger partial charge in [-0.15, -0.1) is 10.2 Å². The number of aromatic nitrogens is 3. The molecule has 21 heavy (non-hydrogen) atoms. The third-order valence-electron chi connectivity index (χ3n) is 4.09. The van der Waals surface area contributed by atoms with Crippen molar-refractivity contribution in [3.63, 3.8) is 0 Å². The van der Waals surface area contributed by atoms with Crippen LogP contribution in [0.25, 0.3) is 0 Å². The quantitative estimate of drug-likeness (QED) is 0.702. The number of hydrogen-bond donors (Lipinski definition) is 1. The first kappa shape index (κ1) is 14.8. The van der Waals surface area contributed by atoms with Gasteiger partial charge in [0, 0.05) is 25.0 Å². The van der Waals surface area contributed by atoms with E-state index in [9.17, 15) is 4.79 Å². The van der Waals surface area contributed by atoms with Crippen LogP contribution >= 0.6 is 11.8 Å². The Kier molecular flexibility index (Phi) is 4.49. The van der Waals surface area contributed by atoms with E-state index in [1.807, 2.05) is 0 Å². The lowest BCUT2D eigenvalue weighted by Crippen LogP contribution is -2.30. The second-order valence-electron chi connectivity index (χ2n) is 5.81. The van der Waals surface area contributed by atoms with Crippen LogP contribution in [-0.2, 0) is 11.3 Å². The summed E-state index contributed by atoms with van der Waals surface area (Å²) in [5, 5.41) is 18.1. The van der Waals surface area contributed by atoms with Gasteiger partial charge in [-0.05, 0) is 32.2 Å². The minimum absolute atomic E-state index is 0.0446. The number of hydrogen-bond acceptors (Lipinski definition) is 5. The molecule has 0 saturated heterocycles. The van der Waals surface area contributed by atoms with Crippen molar-refractivity contribution in [1.29, 1.82) is 0 Å². The van der Waals surface area contributed by atoms with Crippen LogP contribution in [0.5, 0.6) is 0 Å². The van der Waals surface area contributed by atoms with Gasteiger partial charge in [-0.25, -0.2) is 0 Å². The second-order valence-corrected chi connectivity index (χ2v) is 6.75. The number of carboxylic acids is 1. The van der Waals surface area contributed by atoms with Crippen LogP contribution in [0, 0.1) is 0 Å². The molecule has 116 valence electrons. The van der Waals surface area contributed by atoms with Gasteiger partial charge in [-0.2, -0.15) is 0 Å². The minimum atomic E-state index is -0.810. The largest absolute Gasteiger partial charge is 0.481 e. The van der Waals surface area contributed by atoms with E-state index in [2.05, 4.69) is 26.6 Å². The number of thioether (sulfide) groups is 1. The molecule has 1 heterocycles. The number of carboxylic acid groups (broad SMARTS) is 1. The molecule has 0 amide bonds. The summed E-state index contributed by atoms with van der Waals surface area (Å²) in [7, 11) is 0. The number of rotatable bonds is 9. The van der Waals surface area contributed by atoms with E-state index < -0.39 is 5.97 Å². The van der Waals surface area contributed by atoms with Crippen molar-refractivity contribution >= 4 is 17.7 Å². The predicted molar refractivity (Wildman–Crippen MR) is 80.6 cm³/mol. The van der Waals surface area contributed by atoms with E-state index in [1.165, 1.54) is 37.4 Å². The molecule has 3 rings (SSSR count). The molecule has 0 radical (unpaired) electrons. The smallest absolute Gasteiger partial charge is 0.313 e. The highest BCUT2D eigenvalue weighted by molar-refractivity contribution is 7.99. The van der Waals surface area contributed by atoms with Crippen molar-refractivity contribution in [2.24, 2.45) is 0 Å². The van der Waals surface area contributed by atoms with E-state index in [4.69, 9.17) is 5.11 Å². The Morgan fingerprint density at radius 3 is 2.71 bits per heavy atom. The molecule has 2 aliphatic carbocycles. The minimum Gasteiger partial charge on any atom is -0.481 e. The van der Waals surface area contributed by atoms with E-state index in [0.717, 1.165) is 36.7 Å². The number of likely N-dealkylation sites (N-methyl/N-ethyl adjacent to an activating group) is 1. The zero-order valence-corrected chi connectivity index (χ0v) is 13.2. The molecule has 0 atom stereocenters. The van der Waals surface area contributed by atoms with Crippen LogP contribution in [0.3, 0.4) is 0 Å². The summed E-state index contributed by atoms with van der Waals surface area (Å²) >= 11 is 1.28. The molecule has 0 spiro atoms. The van der Waals surface area contributed by atoms with Crippen LogP contribution in [0.2, 0.25) is 0 Å². The topological polar surface area (TPSA) is 71.2 Å². The first-order chi connectivity index (χ1) is 10.2. The van der Waals surface area contributed by atoms with Crippen molar-refractivity contribution in [1.82, 2.24) is 19.7 Å². The molecule has 1 N–H and O–H groups in total. The molecular weight excluding hydrogens is 288 g/mol. The van der Waals surface area contributed by atoms with Crippen molar-refractivity contribution in [2.75, 3.05) is 18.8 Å². The molecule has 0 aromatic carbocycles. The lowest BCUT2D eigenvalue weighted by atomic mass is 10.4. The van der Waals surface area contributed by atoms with Gasteiger partial charge in [0.25, 0.3) is 0 Å². The Bertz CT molecular complexity index is 511. The van der Waals surface area contributed by atoms with Gasteiger partial charge in [0.05, 0.1) is 5.75 Å². The lowest BCUT2D eigenvalue weighted by molar-refractivity contribution is -0.133. The molecule has 0 bridgehead atoms. The maximum absolute atomic E-state index is 10.8. The van der Waals surface area contributed by atoms with Crippen LogP contribution < -0.4 is 0 Å². The zero-order chi connectivity index (χ0) is 14.8. The van der Waals surface area contributed by atoms with Crippen molar-refractivity contribution < 1.29 is 9.90 Å². The van der Waals surface area contributed by atoms with Gasteiger partial charge in [-0.1, -0.05) is 18.7 Å². The molecule has 1 aromatic rings. The first-order valence-corrected chi connectivity index (χ1v) is 8.69. The Morgan fingerprint density at radius 2 is 2.14 bits per heavy atom. The average molecular weight is 310 g/mol. The van der Waals surface area contributed by atoms with Crippen molar-refractivity contribution in [3.8, 4) is 0 Å². The molecule has 6 nitrogen and oxygen atoms in total. The lowest BCUT2D eigenvalue weighted by Gasteiger charge is -2.20. The monoisotopic (exact) mass is 310 g/mol. The summed E-state index contributed by atoms with van der Waals surface area (Å²) in [6, 6.07) is 0.756. The summed E-state index contributed by atoms with van der Waals surface area (Å²) in [6.07, 6.45) is 4.99. The number of carbonyl (C=O) groups is 1. The standard InChI is InChI=1S/C14H22N4O2S/c1-2-17(11-5-6-11)7-8-18-13(10-3-4-10)15-16-14(18)21-9-12(19)20/h10-11H,2-9H2,1H3,(H,19,20). The molecule has 7 heteroatoms. The van der Waals surface area contributed by atoms with Crippen LogP contribution in [0.4, 0.5) is 0 Å². The summed E-state index contributed by atoms with van der Waals surface area (Å²) < 4.78 is 2.15. The highest BCUT2D eigenvalue weighted by Crippen LogP contribution is 2.40. The van der Waals surface area contributed by atoms with Gasteiger partial charge < -0.3 is 9.67 Å². The zero-order valence-electron chi connectivity index (χ0n) is 12.4. The van der Waals surface area contributed by atoms with Crippen LogP contribution in [0.1, 0.15) is 44.3 Å². The SMILES string of the molecule is CCN(CCn1c(SCC(=O)O)nnc1C1CC1)C1CC1. The highest BCUT2D eigenvalue weighted by atomic mass is 32.2. The fourth-order valence-corrected chi connectivity index (χ4v) is 3.35. The fourth-order valence-electron chi connectivity index (χ4n) is 2.65. The number of aliphatic carboxylic acids is 1. The molecule has 2 saturated carbocycles. The molecular formula is C14H22N4O2S. The van der Waals surface area contributed by atoms with Crippen molar-refractivity contribution in [3.05, 3.63) is 5.82 Å². The van der Waals surface area contributed by atoms with Crippen LogP contribution in [0.15, 0.2) is 5.16 Å². The van der Waals surface area contributed by atoms with E-state index >= 15 is 0 Å². The van der Waals surface area contributed by atoms with E-state index in [1.54, 1.807) is 0 Å². The summed E-state index contributed by atoms with van der Waals surface area (Å²) in [4.78, 5) is 13.3. The molecule has 0 unspecified atom stereocenters. The van der Waals surface area contributed by atoms with Gasteiger partial charge in [0.15, 0.2) is 5.16 Å². The van der Waals surface area contributed by atoms with Gasteiger partial charge in [0.2, 0.25) is 0 Å². The molecule has 1 aromatic heterocycles. The highest BCUT2D eigenvalue weighted by Gasteiger charge is 2.32. The predicted octanol–water partition coefficient (Wildman–Crippen LogP) is 1.82. The average Bonchev–Trinajstić information content (AvgIpc) is 3.36. The molecule has 0 aliphatic heterocycles. The maximum Gasteiger partial charge on any atom is 0.313 e. The van der Waals surface area contributed by atoms with Gasteiger partial charge in [-0.3, -0.25) is 9.69 Å². The third-order valence-corrected chi connectivity index (χ3v) is 5.04. The Morgan fingerprint density at radius 1 is 1.38 bits per heavy atom. The van der Waals surface area contributed by atoms with Gasteiger partial charge in [0.1, 0.15) is 5.82 Å². The first-order valence-electron chi connectivity index (χ1n) is 7.70. The Labute approximate surface area is 128 Å². The summed E-state index contributed by atoms with van der Waals surface area (Å²) in [6.45, 7) is 5.14. The van der Waals surface area contributed by atoms with Crippen LogP contribution in [-0.4, -0.2) is 55.6 Å². The molecule has 2 fully saturated rings. The summed E-state index contributed by atoms with van der Waals surface area (Å²) in [5.41, 5.74) is 0. The second kappa shape index (κ2) is 6.36. The van der Waals surface area contributed by atoms with E-state index in [-0.39, 0.29) is 5.75 Å². The fraction of sp³-hybridized carbons (Fsp3) is 0.786. The van der Waals surface area contributed by atoms with E-state index in [0.29, 0.717) is 5.92 Å².